The number of carbonyl (C=O) groups is 7. The molecule has 11 aliphatic rings. The average Bonchev–Trinajstić information content (AvgIpc) is 0.755. The molecule has 0 unspecified atom stereocenters. The smallest absolute Gasteiger partial charge is 0.364 e. The molecule has 0 spiro atoms. The van der Waals surface area contributed by atoms with Gasteiger partial charge in [-0.3, -0.25) is 28.8 Å². The zero-order valence-corrected chi connectivity index (χ0v) is 78.5. The van der Waals surface area contributed by atoms with E-state index in [9.17, 15) is 192 Å². The van der Waals surface area contributed by atoms with Crippen LogP contribution in [0.15, 0.2) is 0 Å². The van der Waals surface area contributed by atoms with Crippen molar-refractivity contribution in [1.29, 1.82) is 0 Å². The topological polar surface area (TPSA) is 1010 Å². The third-order valence-electron chi connectivity index (χ3n) is 26.4. The third-order valence-corrected chi connectivity index (χ3v) is 26.4. The predicted molar refractivity (Wildman–Crippen MR) is 449 cm³/mol. The van der Waals surface area contributed by atoms with Crippen LogP contribution in [-0.2, 0) is 133 Å². The van der Waals surface area contributed by atoms with Gasteiger partial charge in [0.25, 0.3) is 5.79 Å². The highest BCUT2D eigenvalue weighted by Gasteiger charge is 2.65. The summed E-state index contributed by atoms with van der Waals surface area (Å²) in [4.78, 5) is 91.2. The number of nitrogens with one attached hydrogen (secondary N) is 6. The number of aliphatic hydroxyl groups excluding tert-OH is 30. The van der Waals surface area contributed by atoms with Gasteiger partial charge in [0.15, 0.2) is 62.9 Å². The molecule has 0 aromatic rings. The summed E-state index contributed by atoms with van der Waals surface area (Å²) in [6.07, 6.45) is -113. The Morgan fingerprint density at radius 2 is 0.568 bits per heavy atom. The second-order valence-corrected chi connectivity index (χ2v) is 36.7. The Hall–Kier alpha value is -5.75. The summed E-state index contributed by atoms with van der Waals surface area (Å²) in [5.41, 5.74) is 0. The standard InChI is InChI=1S/C81H134N6O59/c1-19(97)82-37-25(103)7-81(80(124)125,146-66(37)43(105)26(104)8-88)127-18-35-48(110)55(117)59(121)76(136-35)140-63-33(15-95)135-74(42(53(63)115)87-24(6)102)145-69-57(119)47(109)30(12-92)132-79(69)143-67-60(122)77(141-64-34(16-96)133-72(40(51(64)113)85-22(4)100)138-61-31(13-93)128-70(123)38(50(61)112)83-20(2)98)137-36(17-126-78-68(56(118)46(108)29(11-91)131-78)144-71-39(84-21(3)99)49(111)44(106)27(9-89)129-71)65(67)142-73-41(86-23(5)101)52(114)62(32(14-94)134-73)139-75-58(120)54(116)45(107)28(10-90)130-75/h25-79,88-96,103-123H,7-18H2,1-6H3,(H,82,97)(H,83,98)(H,84,99)(H,85,100)(H,86,101)(H,87,102)(H,124,125)/t25-,26+,27+,28+,29+,30+,31+,32+,33+,34+,35+,36+,37+,38+,39+,40+,41+,42+,43+,44+,45-,46+,47+,48-,49+,50+,51+,52+,53+,54-,55-,56-,57-,58+,59+,60-,61+,62+,63+,64+,65+,66+,67+,68-,69-,70+,71-,72-,73-,74-,75-,76-,77-,78-,79+,81+/m0/s1. The quantitative estimate of drug-likeness (QED) is 0.0271. The second-order valence-electron chi connectivity index (χ2n) is 36.7. The van der Waals surface area contributed by atoms with E-state index in [1.165, 1.54) is 0 Å². The molecule has 37 N–H and O–H groups in total. The van der Waals surface area contributed by atoms with E-state index in [0.29, 0.717) is 0 Å². The van der Waals surface area contributed by atoms with Crippen molar-refractivity contribution in [1.82, 2.24) is 31.9 Å². The van der Waals surface area contributed by atoms with Crippen LogP contribution in [0.4, 0.5) is 0 Å². The van der Waals surface area contributed by atoms with Crippen molar-refractivity contribution in [2.24, 2.45) is 0 Å². The number of carbonyl (C=O) groups excluding carboxylic acids is 6. The summed E-state index contributed by atoms with van der Waals surface area (Å²) in [5.74, 6) is -11.2. The lowest BCUT2D eigenvalue weighted by atomic mass is 9.88. The van der Waals surface area contributed by atoms with Crippen LogP contribution in [-0.4, -0.2) is 615 Å². The minimum absolute atomic E-state index is 0.817. The second kappa shape index (κ2) is 52.5. The molecule has 65 nitrogen and oxygen atoms in total. The molecule has 6 amide bonds. The molecule has 0 aromatic carbocycles. The Labute approximate surface area is 825 Å². The SMILES string of the molecule is CC(=O)N[C@@H]1[C@@H](O)[C@H](O[C@@H]2O[C@H](CO)[C@@H](O[C@@H]3O[C@H](CO[C@H]4O[C@H](CO)[C@@H](O)[C@H](O)[C@@H]4O[C@@H]4O[C@H](CO)[C@@H](O)[C@H](O)[C@H]4NC(C)=O)[C@@H](O[C@@H]4O[C@H](CO)[C@@H](O[C@@H]5O[C@H](CO)[C@H](O)[C@H](O)[C@H]5O)[C@H](O)[C@H]4NC(C)=O)[C@H](O[C@H]4O[C@H](CO)[C@@H](O)[C@H](O)[C@@H]4O[C@@H]4O[C@H](CO)[C@@H](O[C@@H]5O[C@H](CO[C@]6(C(=O)O)C[C@H](O)[C@@H](NC(C)=O)[C@H]([C@H](O)[C@H](O)CO)O6)[C@H](O)[C@H](O)[C@H]5O)[C@H](O)[C@H]4NC(C)=O)[C@@H]3O)[C@H](O)[C@H]2NC(C)=O)[C@@H](CO)O[C@H]1O. The van der Waals surface area contributed by atoms with Crippen LogP contribution in [0.25, 0.3) is 0 Å². The van der Waals surface area contributed by atoms with Crippen molar-refractivity contribution in [3.8, 4) is 0 Å². The van der Waals surface area contributed by atoms with E-state index < -0.39 is 464 Å². The lowest BCUT2D eigenvalue weighted by Crippen LogP contribution is -2.72. The average molecular weight is 2140 g/mol. The number of aliphatic carboxylic acids is 1. The van der Waals surface area contributed by atoms with Gasteiger partial charge < -0.3 is 290 Å². The molecule has 0 aromatic heterocycles. The maximum atomic E-state index is 13.7. The molecule has 0 bridgehead atoms. The van der Waals surface area contributed by atoms with Crippen LogP contribution in [0.3, 0.4) is 0 Å². The molecule has 0 radical (unpaired) electrons. The van der Waals surface area contributed by atoms with E-state index in [1.54, 1.807) is 0 Å². The zero-order valence-electron chi connectivity index (χ0n) is 78.5. The molecule has 11 rings (SSSR count). The fourth-order valence-electron chi connectivity index (χ4n) is 18.8. The minimum atomic E-state index is -3.16. The molecule has 11 fully saturated rings. The van der Waals surface area contributed by atoms with E-state index >= 15 is 0 Å². The van der Waals surface area contributed by atoms with Gasteiger partial charge in [0.05, 0.1) is 84.8 Å². The fraction of sp³-hybridized carbons (Fsp3) is 0.914. The van der Waals surface area contributed by atoms with Gasteiger partial charge in [0, 0.05) is 48.0 Å². The fourth-order valence-corrected chi connectivity index (χ4v) is 18.8. The van der Waals surface area contributed by atoms with Crippen LogP contribution in [0.1, 0.15) is 48.0 Å². The number of carboxylic acid groups (broad SMARTS) is 1. The van der Waals surface area contributed by atoms with Gasteiger partial charge in [-0.25, -0.2) is 4.79 Å². The van der Waals surface area contributed by atoms with Crippen molar-refractivity contribution in [2.45, 2.75) is 391 Å². The lowest BCUT2D eigenvalue weighted by molar-refractivity contribution is -0.410. The first-order valence-electron chi connectivity index (χ1n) is 46.3. The van der Waals surface area contributed by atoms with Crippen molar-refractivity contribution in [3.05, 3.63) is 0 Å². The molecule has 0 aliphatic carbocycles. The maximum absolute atomic E-state index is 13.7. The Morgan fingerprint density at radius 3 is 0.966 bits per heavy atom. The van der Waals surface area contributed by atoms with Gasteiger partial charge in [-0.05, 0) is 0 Å². The zero-order chi connectivity index (χ0) is 108. The number of carboxylic acids is 1. The largest absolute Gasteiger partial charge is 0.477 e. The first kappa shape index (κ1) is 120. The summed E-state index contributed by atoms with van der Waals surface area (Å²) in [7, 11) is 0. The Morgan fingerprint density at radius 1 is 0.281 bits per heavy atom. The summed E-state index contributed by atoms with van der Waals surface area (Å²) >= 11 is 0. The highest BCUT2D eigenvalue weighted by molar-refractivity contribution is 5.77. The Balaban J connectivity index is 1.01. The molecule has 11 aliphatic heterocycles. The van der Waals surface area contributed by atoms with Crippen molar-refractivity contribution in [3.63, 3.8) is 0 Å². The lowest BCUT2D eigenvalue weighted by Gasteiger charge is -2.53. The molecule has 11 saturated heterocycles. The van der Waals surface area contributed by atoms with Crippen molar-refractivity contribution >= 4 is 41.4 Å². The highest BCUT2D eigenvalue weighted by atomic mass is 16.8. The van der Waals surface area contributed by atoms with Gasteiger partial charge >= 0.3 is 5.97 Å². The van der Waals surface area contributed by atoms with E-state index in [0.717, 1.165) is 41.5 Å². The first-order valence-corrected chi connectivity index (χ1v) is 46.3. The number of ether oxygens (including phenoxy) is 21. The van der Waals surface area contributed by atoms with E-state index in [4.69, 9.17) is 99.5 Å². The van der Waals surface area contributed by atoms with E-state index in [-0.39, 0.29) is 0 Å². The third kappa shape index (κ3) is 26.9. The van der Waals surface area contributed by atoms with Crippen LogP contribution in [0, 0.1) is 0 Å². The van der Waals surface area contributed by atoms with Gasteiger partial charge in [-0.1, -0.05) is 0 Å². The molecule has 11 heterocycles. The van der Waals surface area contributed by atoms with Gasteiger partial charge in [-0.2, -0.15) is 0 Å². The van der Waals surface area contributed by atoms with Gasteiger partial charge in [-0.15, -0.1) is 0 Å². The Kier molecular flexibility index (Phi) is 43.3. The minimum Gasteiger partial charge on any atom is -0.477 e. The van der Waals surface area contributed by atoms with Crippen LogP contribution in [0.5, 0.6) is 0 Å². The van der Waals surface area contributed by atoms with Gasteiger partial charge in [0.2, 0.25) is 35.4 Å². The van der Waals surface area contributed by atoms with Crippen LogP contribution >= 0.6 is 0 Å². The Bertz CT molecular complexity index is 4160. The van der Waals surface area contributed by atoms with Crippen LogP contribution in [0.2, 0.25) is 0 Å². The summed E-state index contributed by atoms with van der Waals surface area (Å²) in [5, 5.41) is 366. The monoisotopic (exact) mass is 2130 g/mol. The van der Waals surface area contributed by atoms with E-state index in [1.807, 2.05) is 0 Å². The number of rotatable bonds is 40. The molecule has 146 heavy (non-hydrogen) atoms. The molecular weight excluding hydrogens is 2000 g/mol. The summed E-state index contributed by atoms with van der Waals surface area (Å²) in [6, 6.07) is -12.0. The molecule has 842 valence electrons. The summed E-state index contributed by atoms with van der Waals surface area (Å²) in [6.45, 7) is -8.49. The number of hydrogen-bond acceptors (Lipinski definition) is 58. The maximum Gasteiger partial charge on any atom is 0.364 e. The molecule has 56 atom stereocenters. The molecular formula is C81H134N6O59. The summed E-state index contributed by atoms with van der Waals surface area (Å²) < 4.78 is 128. The normalized spacial score (nSPS) is 47.0. The predicted octanol–water partition coefficient (Wildman–Crippen LogP) is -24.9. The molecule has 0 saturated carbocycles. The number of hydrogen-bond donors (Lipinski definition) is 37. The number of amides is 6. The number of aliphatic hydroxyl groups is 30. The van der Waals surface area contributed by atoms with Crippen LogP contribution < -0.4 is 31.9 Å². The van der Waals surface area contributed by atoms with E-state index in [2.05, 4.69) is 31.9 Å². The van der Waals surface area contributed by atoms with Gasteiger partial charge in [0.1, 0.15) is 262 Å². The van der Waals surface area contributed by atoms with Crippen molar-refractivity contribution < 1.29 is 291 Å². The van der Waals surface area contributed by atoms with Crippen molar-refractivity contribution in [2.75, 3.05) is 72.7 Å². The molecule has 65 heteroatoms. The highest BCUT2D eigenvalue weighted by Crippen LogP contribution is 2.44. The first-order chi connectivity index (χ1) is 68.9.